The summed E-state index contributed by atoms with van der Waals surface area (Å²) in [4.78, 5) is 24.6. The van der Waals surface area contributed by atoms with Gasteiger partial charge in [0, 0.05) is 19.4 Å². The van der Waals surface area contributed by atoms with E-state index in [1.54, 1.807) is 0 Å². The molecule has 158 valence electrons. The van der Waals surface area contributed by atoms with E-state index < -0.39 is 73.5 Å². The van der Waals surface area contributed by atoms with E-state index in [-0.39, 0.29) is 15.6 Å². The summed E-state index contributed by atoms with van der Waals surface area (Å²) in [5.41, 5.74) is -1.88. The Labute approximate surface area is 189 Å². The SMILES string of the molecule is [2H]N(C(=O)c1sccc1S(=O)(=O)N([2H])c1onc(C)c1C)c1c(C(C)=O)cc(C([2H])([2H])[2H])cc1C([2H])([2H])[2H]. The van der Waals surface area contributed by atoms with E-state index in [4.69, 9.17) is 15.6 Å². The lowest BCUT2D eigenvalue weighted by Crippen LogP contribution is -2.20. The molecule has 30 heavy (non-hydrogen) atoms. The van der Waals surface area contributed by atoms with E-state index in [0.29, 0.717) is 17.0 Å². The summed E-state index contributed by atoms with van der Waals surface area (Å²) in [6, 6.07) is 2.67. The average Bonchev–Trinajstić information content (AvgIpc) is 3.43. The number of nitrogens with zero attached hydrogens (tertiary/aromatic N) is 1. The van der Waals surface area contributed by atoms with Gasteiger partial charge in [-0.1, -0.05) is 11.2 Å². The van der Waals surface area contributed by atoms with Gasteiger partial charge in [-0.25, -0.2) is 13.1 Å². The third-order valence-electron chi connectivity index (χ3n) is 4.14. The van der Waals surface area contributed by atoms with Gasteiger partial charge < -0.3 is 9.83 Å². The monoisotopic (exact) mass is 455 g/mol. The standard InChI is InChI=1S/C20H21N3O5S2/c1-10-8-11(2)17(15(9-10)14(5)24)21-19(25)18-16(6-7-29-18)30(26,27)23-20-12(3)13(4)22-28-20/h6-9,23H,1-5H3,(H,21,25)/i1D3,2D3/hD2. The van der Waals surface area contributed by atoms with Gasteiger partial charge in [0.15, 0.2) is 8.61 Å². The van der Waals surface area contributed by atoms with E-state index in [9.17, 15) is 18.0 Å². The maximum absolute atomic E-state index is 13.4. The Hall–Kier alpha value is -2.98. The van der Waals surface area contributed by atoms with Crippen LogP contribution in [0.4, 0.5) is 11.6 Å². The van der Waals surface area contributed by atoms with Crippen molar-refractivity contribution in [2.45, 2.75) is 39.4 Å². The first-order valence-electron chi connectivity index (χ1n) is 12.3. The molecule has 1 amide bonds. The molecule has 1 aromatic carbocycles. The van der Waals surface area contributed by atoms with E-state index in [1.165, 1.54) is 19.2 Å². The molecule has 0 fully saturated rings. The average molecular weight is 456 g/mol. The van der Waals surface area contributed by atoms with Crippen LogP contribution in [0.5, 0.6) is 0 Å². The first kappa shape index (κ1) is 13.3. The van der Waals surface area contributed by atoms with Crippen LogP contribution < -0.4 is 10.0 Å². The maximum Gasteiger partial charge on any atom is 0.267 e. The number of sulfonamides is 1. The Bertz CT molecular complexity index is 1530. The van der Waals surface area contributed by atoms with E-state index in [1.807, 2.05) is 0 Å². The summed E-state index contributed by atoms with van der Waals surface area (Å²) < 4.78 is 94.4. The van der Waals surface area contributed by atoms with Crippen molar-refractivity contribution in [3.63, 3.8) is 0 Å². The fraction of sp³-hybridized carbons (Fsp3) is 0.250. The second-order valence-electron chi connectivity index (χ2n) is 6.27. The van der Waals surface area contributed by atoms with E-state index >= 15 is 0 Å². The molecule has 0 aliphatic carbocycles. The fourth-order valence-corrected chi connectivity index (χ4v) is 4.74. The van der Waals surface area contributed by atoms with Gasteiger partial charge in [-0.15, -0.1) is 11.3 Å². The molecular weight excluding hydrogens is 426 g/mol. The summed E-state index contributed by atoms with van der Waals surface area (Å²) >= 11 is 0.602. The molecule has 0 aliphatic heterocycles. The van der Waals surface area contributed by atoms with Crippen molar-refractivity contribution in [2.75, 3.05) is 10.0 Å². The molecule has 0 spiro atoms. The molecule has 3 aromatic rings. The highest BCUT2D eigenvalue weighted by atomic mass is 32.2. The molecule has 0 saturated heterocycles. The minimum atomic E-state index is -4.75. The Morgan fingerprint density at radius 3 is 2.63 bits per heavy atom. The molecule has 10 heteroatoms. The zero-order valence-electron chi connectivity index (χ0n) is 24.0. The number of benzene rings is 1. The quantitative estimate of drug-likeness (QED) is 0.537. The summed E-state index contributed by atoms with van der Waals surface area (Å²) in [5, 5.41) is 4.87. The maximum atomic E-state index is 13.4. The third kappa shape index (κ3) is 4.14. The summed E-state index contributed by atoms with van der Waals surface area (Å²) in [7, 11) is -4.75. The Balaban J connectivity index is 2.18. The molecule has 0 radical (unpaired) electrons. The predicted octanol–water partition coefficient (Wildman–Crippen LogP) is 4.23. The molecule has 2 heterocycles. The number of hydrogen-bond donors (Lipinski definition) is 2. The number of hydrogen-bond acceptors (Lipinski definition) is 7. The van der Waals surface area contributed by atoms with Crippen molar-refractivity contribution in [2.24, 2.45) is 0 Å². The molecule has 2 N–H and O–H groups in total. The minimum absolute atomic E-state index is 0.0371. The van der Waals surface area contributed by atoms with Crippen molar-refractivity contribution in [3.8, 4) is 0 Å². The van der Waals surface area contributed by atoms with Gasteiger partial charge in [0.2, 0.25) is 5.88 Å². The molecule has 0 unspecified atom stereocenters. The predicted molar refractivity (Wildman–Crippen MR) is 115 cm³/mol. The number of carbonyl (C=O) groups is 2. The number of ketones is 1. The summed E-state index contributed by atoms with van der Waals surface area (Å²) in [6.45, 7) is -1.84. The lowest BCUT2D eigenvalue weighted by Gasteiger charge is -2.14. The molecule has 2 aromatic heterocycles. The van der Waals surface area contributed by atoms with Crippen molar-refractivity contribution in [1.29, 1.82) is 0 Å². The second kappa shape index (κ2) is 8.04. The second-order valence-corrected chi connectivity index (χ2v) is 8.76. The van der Waals surface area contributed by atoms with Crippen molar-refractivity contribution in [3.05, 3.63) is 56.4 Å². The van der Waals surface area contributed by atoms with Crippen LogP contribution in [0.25, 0.3) is 0 Å². The Kier molecular flexibility index (Phi) is 3.58. The van der Waals surface area contributed by atoms with Gasteiger partial charge in [0.25, 0.3) is 15.9 Å². The molecule has 8 nitrogen and oxygen atoms in total. The molecule has 0 bridgehead atoms. The molecule has 0 aliphatic rings. The van der Waals surface area contributed by atoms with E-state index in [2.05, 4.69) is 5.16 Å². The molecular formula is C20H21N3O5S2. The van der Waals surface area contributed by atoms with Crippen molar-refractivity contribution < 1.29 is 33.6 Å². The van der Waals surface area contributed by atoms with Gasteiger partial charge in [0.05, 0.1) is 11.4 Å². The van der Waals surface area contributed by atoms with Crippen LogP contribution in [0, 0.1) is 27.6 Å². The number of carbonyl (C=O) groups excluding carboxylic acids is 2. The number of thiophene rings is 1. The normalized spacial score (nSPS) is 16.1. The van der Waals surface area contributed by atoms with Crippen LogP contribution in [-0.4, -0.2) is 25.3 Å². The smallest absolute Gasteiger partial charge is 0.267 e. The van der Waals surface area contributed by atoms with Gasteiger partial charge in [0.1, 0.15) is 9.77 Å². The fourth-order valence-electron chi connectivity index (χ4n) is 2.48. The Morgan fingerprint density at radius 2 is 2.03 bits per heavy atom. The highest BCUT2D eigenvalue weighted by Gasteiger charge is 2.27. The molecule has 0 saturated carbocycles. The summed E-state index contributed by atoms with van der Waals surface area (Å²) in [6.07, 6.45) is 0. The first-order chi connectivity index (χ1) is 17.3. The van der Waals surface area contributed by atoms with E-state index in [0.717, 1.165) is 25.1 Å². The lowest BCUT2D eigenvalue weighted by molar-refractivity contribution is 0.101. The largest absolute Gasteiger partial charge is 0.337 e. The van der Waals surface area contributed by atoms with Gasteiger partial charge in [-0.3, -0.25) is 9.59 Å². The topological polar surface area (TPSA) is 118 Å². The molecule has 0 atom stereocenters. The zero-order valence-corrected chi connectivity index (χ0v) is 17.6. The summed E-state index contributed by atoms with van der Waals surface area (Å²) in [5.74, 6) is -2.57. The van der Waals surface area contributed by atoms with Crippen LogP contribution in [0.15, 0.2) is 33.0 Å². The van der Waals surface area contributed by atoms with Crippen molar-refractivity contribution >= 4 is 44.6 Å². The number of Topliss-reactive ketones (excluding diaryl/α,β-unsaturated/α-hetero) is 1. The van der Waals surface area contributed by atoms with Crippen LogP contribution >= 0.6 is 11.3 Å². The minimum Gasteiger partial charge on any atom is -0.337 e. The highest BCUT2D eigenvalue weighted by Crippen LogP contribution is 2.29. The number of nitrogens with one attached hydrogen (secondary N) is 2. The third-order valence-corrected chi connectivity index (χ3v) is 6.47. The molecule has 3 rings (SSSR count). The van der Waals surface area contributed by atoms with Crippen LogP contribution in [-0.2, 0) is 10.0 Å². The number of aryl methyl sites for hydroxylation is 3. The van der Waals surface area contributed by atoms with Crippen LogP contribution in [0.3, 0.4) is 0 Å². The van der Waals surface area contributed by atoms with Gasteiger partial charge in [-0.05, 0) is 63.1 Å². The number of rotatable bonds is 6. The van der Waals surface area contributed by atoms with Gasteiger partial charge >= 0.3 is 0 Å². The lowest BCUT2D eigenvalue weighted by atomic mass is 10.0. The number of anilines is 2. The van der Waals surface area contributed by atoms with Crippen LogP contribution in [0.2, 0.25) is 2.82 Å². The van der Waals surface area contributed by atoms with Gasteiger partial charge in [-0.2, -0.15) is 0 Å². The zero-order chi connectivity index (χ0) is 29.0. The number of aromatic nitrogens is 1. The van der Waals surface area contributed by atoms with Crippen LogP contribution in [0.1, 0.15) is 57.6 Å². The van der Waals surface area contributed by atoms with Crippen molar-refractivity contribution in [1.82, 2.24) is 5.16 Å². The first-order valence-corrected chi connectivity index (χ1v) is 10.7. The Morgan fingerprint density at radius 1 is 1.27 bits per heavy atom. The highest BCUT2D eigenvalue weighted by molar-refractivity contribution is 7.93. The number of amides is 1.